The molecule has 0 aliphatic carbocycles. The fraction of sp³-hybridized carbons (Fsp3) is 0.667. The third kappa shape index (κ3) is 4.80. The number of nitrogens with two attached hydrogens (primary N) is 1. The monoisotopic (exact) mass is 299 g/mol. The van der Waals surface area contributed by atoms with Crippen molar-refractivity contribution in [1.29, 1.82) is 0 Å². The van der Waals surface area contributed by atoms with Crippen LogP contribution in [0.15, 0.2) is 4.42 Å². The molecule has 1 rings (SSSR count). The molecule has 1 aromatic heterocycles. The third-order valence-electron chi connectivity index (χ3n) is 2.77. The molecule has 1 heterocycles. The highest BCUT2D eigenvalue weighted by atomic mass is 16.4. The Kier molecular flexibility index (Phi) is 5.79. The molecular formula is C12H21N5O4. The largest absolute Gasteiger partial charge is 0.421 e. The van der Waals surface area contributed by atoms with Crippen LogP contribution < -0.4 is 16.4 Å². The van der Waals surface area contributed by atoms with Crippen molar-refractivity contribution in [3.63, 3.8) is 0 Å². The van der Waals surface area contributed by atoms with E-state index in [9.17, 15) is 14.7 Å². The van der Waals surface area contributed by atoms with E-state index >= 15 is 0 Å². The zero-order valence-corrected chi connectivity index (χ0v) is 12.5. The Morgan fingerprint density at radius 1 is 1.19 bits per heavy atom. The minimum atomic E-state index is -0.989. The Hall–Kier alpha value is -2.00. The molecule has 9 nitrogen and oxygen atoms in total. The van der Waals surface area contributed by atoms with Crippen LogP contribution in [0.1, 0.15) is 51.6 Å². The first kappa shape index (κ1) is 17.1. The lowest BCUT2D eigenvalue weighted by molar-refractivity contribution is -0.120. The van der Waals surface area contributed by atoms with Crippen LogP contribution in [0.2, 0.25) is 0 Å². The zero-order valence-electron chi connectivity index (χ0n) is 12.5. The number of hydrogen-bond acceptors (Lipinski definition) is 7. The van der Waals surface area contributed by atoms with Crippen LogP contribution in [-0.4, -0.2) is 39.3 Å². The van der Waals surface area contributed by atoms with Crippen molar-refractivity contribution < 1.29 is 19.1 Å². The lowest BCUT2D eigenvalue weighted by Gasteiger charge is -2.20. The van der Waals surface area contributed by atoms with Crippen LogP contribution in [0.3, 0.4) is 0 Å². The fourth-order valence-electron chi connectivity index (χ4n) is 1.61. The van der Waals surface area contributed by atoms with Crippen molar-refractivity contribution in [3.8, 4) is 0 Å². The van der Waals surface area contributed by atoms with E-state index in [1.54, 1.807) is 13.8 Å². The molecule has 0 spiro atoms. The minimum Gasteiger partial charge on any atom is -0.421 e. The molecule has 2 amide bonds. The topological polar surface area (TPSA) is 143 Å². The summed E-state index contributed by atoms with van der Waals surface area (Å²) in [6.45, 7) is 6.04. The number of nitrogens with one attached hydrogen (secondary N) is 2. The van der Waals surface area contributed by atoms with Gasteiger partial charge in [0.1, 0.15) is 12.1 Å². The van der Waals surface area contributed by atoms with Gasteiger partial charge in [0.2, 0.25) is 11.8 Å². The molecular weight excluding hydrogens is 278 g/mol. The number of rotatable bonds is 6. The van der Waals surface area contributed by atoms with Crippen molar-refractivity contribution in [3.05, 3.63) is 11.8 Å². The predicted octanol–water partition coefficient (Wildman–Crippen LogP) is -0.212. The summed E-state index contributed by atoms with van der Waals surface area (Å²) in [5.41, 5.74) is 5.60. The van der Waals surface area contributed by atoms with Crippen molar-refractivity contribution in [2.24, 2.45) is 5.73 Å². The summed E-state index contributed by atoms with van der Waals surface area (Å²) < 4.78 is 5.30. The second-order valence-corrected chi connectivity index (χ2v) is 4.94. The second-order valence-electron chi connectivity index (χ2n) is 4.94. The first-order chi connectivity index (χ1) is 9.72. The minimum absolute atomic E-state index is 0.203. The van der Waals surface area contributed by atoms with Gasteiger partial charge in [0.25, 0.3) is 0 Å². The van der Waals surface area contributed by atoms with E-state index < -0.39 is 30.3 Å². The molecule has 1 aromatic rings. The first-order valence-corrected chi connectivity index (χ1v) is 6.56. The third-order valence-corrected chi connectivity index (χ3v) is 2.77. The van der Waals surface area contributed by atoms with E-state index in [0.717, 1.165) is 0 Å². The Labute approximate surface area is 122 Å². The molecule has 0 saturated heterocycles. The number of aliphatic hydroxyl groups is 1. The van der Waals surface area contributed by atoms with Gasteiger partial charge in [-0.2, -0.15) is 0 Å². The normalized spacial score (nSPS) is 16.7. The molecule has 9 heteroatoms. The smallest absolute Gasteiger partial charge is 0.316 e. The average molecular weight is 299 g/mol. The van der Waals surface area contributed by atoms with Gasteiger partial charge in [-0.25, -0.2) is 4.79 Å². The zero-order chi connectivity index (χ0) is 16.2. The second kappa shape index (κ2) is 7.14. The number of carbonyl (C=O) groups is 2. The molecule has 0 radical (unpaired) electrons. The summed E-state index contributed by atoms with van der Waals surface area (Å²) in [6, 6.07) is -2.56. The van der Waals surface area contributed by atoms with Crippen molar-refractivity contribution in [1.82, 2.24) is 20.8 Å². The van der Waals surface area contributed by atoms with E-state index in [-0.39, 0.29) is 17.6 Å². The summed E-state index contributed by atoms with van der Waals surface area (Å²) in [5, 5.41) is 21.9. The Morgan fingerprint density at radius 2 is 1.76 bits per heavy atom. The summed E-state index contributed by atoms with van der Waals surface area (Å²) in [6.07, 6.45) is -0.989. The molecule has 21 heavy (non-hydrogen) atoms. The van der Waals surface area contributed by atoms with Gasteiger partial charge in [0.15, 0.2) is 5.78 Å². The summed E-state index contributed by atoms with van der Waals surface area (Å²) >= 11 is 0. The highest BCUT2D eigenvalue weighted by Crippen LogP contribution is 2.13. The van der Waals surface area contributed by atoms with Crippen molar-refractivity contribution in [2.45, 2.75) is 51.9 Å². The molecule has 0 aliphatic rings. The molecule has 0 bridgehead atoms. The van der Waals surface area contributed by atoms with Gasteiger partial charge in [-0.05, 0) is 27.7 Å². The highest BCUT2D eigenvalue weighted by molar-refractivity contribution is 5.87. The van der Waals surface area contributed by atoms with Crippen LogP contribution >= 0.6 is 0 Å². The number of nitrogens with zero attached hydrogens (tertiary/aromatic N) is 2. The van der Waals surface area contributed by atoms with Crippen LogP contribution in [0.25, 0.3) is 0 Å². The van der Waals surface area contributed by atoms with Gasteiger partial charge in [-0.1, -0.05) is 0 Å². The quantitative estimate of drug-likeness (QED) is 0.568. The van der Waals surface area contributed by atoms with E-state index in [4.69, 9.17) is 10.2 Å². The molecule has 4 atom stereocenters. The van der Waals surface area contributed by atoms with Crippen molar-refractivity contribution in [2.75, 3.05) is 0 Å². The molecule has 5 N–H and O–H groups in total. The van der Waals surface area contributed by atoms with E-state index in [2.05, 4.69) is 20.8 Å². The number of hydrogen-bond donors (Lipinski definition) is 4. The van der Waals surface area contributed by atoms with Gasteiger partial charge >= 0.3 is 6.03 Å². The number of amides is 2. The maximum absolute atomic E-state index is 11.8. The fourth-order valence-corrected chi connectivity index (χ4v) is 1.61. The van der Waals surface area contributed by atoms with Gasteiger partial charge in [-0.15, -0.1) is 10.2 Å². The van der Waals surface area contributed by atoms with Crippen LogP contribution in [0.4, 0.5) is 4.79 Å². The number of aliphatic hydroxyl groups excluding tert-OH is 1. The molecule has 0 aromatic carbocycles. The molecule has 1 unspecified atom stereocenters. The maximum atomic E-state index is 11.8. The Bertz CT molecular complexity index is 500. The molecule has 0 fully saturated rings. The number of carbonyl (C=O) groups excluding carboxylic acids is 2. The van der Waals surface area contributed by atoms with Gasteiger partial charge in [0.05, 0.1) is 12.1 Å². The average Bonchev–Trinajstić information content (AvgIpc) is 2.84. The lowest BCUT2D eigenvalue weighted by atomic mass is 10.1. The Morgan fingerprint density at radius 3 is 2.19 bits per heavy atom. The summed E-state index contributed by atoms with van der Waals surface area (Å²) in [7, 11) is 0. The van der Waals surface area contributed by atoms with E-state index in [1.165, 1.54) is 13.8 Å². The summed E-state index contributed by atoms with van der Waals surface area (Å²) in [5.74, 6) is 0.128. The van der Waals surface area contributed by atoms with Crippen LogP contribution in [0, 0.1) is 0 Å². The first-order valence-electron chi connectivity index (χ1n) is 6.56. The van der Waals surface area contributed by atoms with E-state index in [1.807, 2.05) is 0 Å². The number of urea groups is 1. The predicted molar refractivity (Wildman–Crippen MR) is 73.1 cm³/mol. The molecule has 0 saturated carbocycles. The van der Waals surface area contributed by atoms with E-state index in [0.29, 0.717) is 0 Å². The van der Waals surface area contributed by atoms with Crippen molar-refractivity contribution >= 4 is 11.8 Å². The maximum Gasteiger partial charge on any atom is 0.316 e. The van der Waals surface area contributed by atoms with Crippen LogP contribution in [-0.2, 0) is 4.79 Å². The lowest BCUT2D eigenvalue weighted by Crippen LogP contribution is -2.50. The van der Waals surface area contributed by atoms with Crippen LogP contribution in [0.5, 0.6) is 0 Å². The van der Waals surface area contributed by atoms with Gasteiger partial charge in [-0.3, -0.25) is 4.79 Å². The SMILES string of the molecule is CC(=O)[C@@H](NC(=O)N[C@@H](C)c1nnc([C@H](C)N)o1)C(C)O. The highest BCUT2D eigenvalue weighted by Gasteiger charge is 2.24. The number of Topliss-reactive ketones (excluding diaryl/α,β-unsaturated/α-hetero) is 1. The van der Waals surface area contributed by atoms with Gasteiger partial charge in [0, 0.05) is 0 Å². The molecule has 0 aliphatic heterocycles. The number of ketones is 1. The number of aromatic nitrogens is 2. The molecule has 118 valence electrons. The van der Waals surface area contributed by atoms with Gasteiger partial charge < -0.3 is 25.9 Å². The Balaban J connectivity index is 2.62. The summed E-state index contributed by atoms with van der Waals surface area (Å²) in [4.78, 5) is 23.1. The standard InChI is InChI=1S/C12H21N5O4/c1-5(13)10-16-17-11(21-10)6(2)14-12(20)15-9(7(3)18)8(4)19/h5-7,9,18H,13H2,1-4H3,(H2,14,15,20)/t5-,6-,7?,9-/m0/s1.